The Morgan fingerprint density at radius 3 is 2.65 bits per heavy atom. The van der Waals surface area contributed by atoms with Crippen molar-refractivity contribution in [3.8, 4) is 0 Å². The number of morpholine rings is 1. The molecule has 0 saturated carbocycles. The number of nitrogens with zero attached hydrogens (tertiary/aromatic N) is 1. The van der Waals surface area contributed by atoms with Gasteiger partial charge in [0.1, 0.15) is 0 Å². The number of hydrogen-bond donors (Lipinski definition) is 1. The number of amides is 1. The molecule has 1 fully saturated rings. The molecule has 1 saturated heterocycles. The van der Waals surface area contributed by atoms with Gasteiger partial charge < -0.3 is 10.1 Å². The molecule has 122 valence electrons. The van der Waals surface area contributed by atoms with Crippen LogP contribution in [-0.2, 0) is 16.0 Å². The summed E-state index contributed by atoms with van der Waals surface area (Å²) < 4.78 is 5.45. The molecule has 0 bridgehead atoms. The zero-order chi connectivity index (χ0) is 15.9. The van der Waals surface area contributed by atoms with E-state index in [0.717, 1.165) is 31.9 Å². The fourth-order valence-corrected chi connectivity index (χ4v) is 3.69. The van der Waals surface area contributed by atoms with Crippen LogP contribution in [0.15, 0.2) is 47.8 Å². The third kappa shape index (κ3) is 4.64. The van der Waals surface area contributed by atoms with Gasteiger partial charge in [0, 0.05) is 24.5 Å². The molecule has 1 aliphatic heterocycles. The van der Waals surface area contributed by atoms with E-state index in [-0.39, 0.29) is 11.9 Å². The molecule has 0 aliphatic carbocycles. The van der Waals surface area contributed by atoms with Crippen LogP contribution in [0.5, 0.6) is 0 Å². The molecule has 0 radical (unpaired) electrons. The highest BCUT2D eigenvalue weighted by atomic mass is 32.1. The van der Waals surface area contributed by atoms with Gasteiger partial charge in [0.05, 0.1) is 25.7 Å². The molecule has 1 atom stereocenters. The van der Waals surface area contributed by atoms with Crippen LogP contribution in [0, 0.1) is 0 Å². The number of carbonyl (C=O) groups excluding carboxylic acids is 1. The number of benzene rings is 1. The summed E-state index contributed by atoms with van der Waals surface area (Å²) >= 11 is 1.75. The Morgan fingerprint density at radius 2 is 1.96 bits per heavy atom. The van der Waals surface area contributed by atoms with Crippen molar-refractivity contribution in [2.75, 3.05) is 32.8 Å². The average molecular weight is 330 g/mol. The summed E-state index contributed by atoms with van der Waals surface area (Å²) in [4.78, 5) is 15.9. The van der Waals surface area contributed by atoms with Crippen LogP contribution in [0.25, 0.3) is 0 Å². The van der Waals surface area contributed by atoms with Crippen molar-refractivity contribution < 1.29 is 9.53 Å². The minimum absolute atomic E-state index is 0.0750. The predicted molar refractivity (Wildman–Crippen MR) is 92.6 cm³/mol. The number of hydrogen-bond acceptors (Lipinski definition) is 4. The molecule has 2 heterocycles. The van der Waals surface area contributed by atoms with Crippen LogP contribution in [0.1, 0.15) is 16.5 Å². The van der Waals surface area contributed by atoms with Gasteiger partial charge in [-0.1, -0.05) is 36.4 Å². The molecule has 3 rings (SSSR count). The SMILES string of the molecule is O=C(Cc1ccccc1)NC[C@H](c1cccs1)N1CCOCC1. The van der Waals surface area contributed by atoms with Gasteiger partial charge in [-0.3, -0.25) is 9.69 Å². The molecule has 4 nitrogen and oxygen atoms in total. The van der Waals surface area contributed by atoms with E-state index in [0.29, 0.717) is 13.0 Å². The Labute approximate surface area is 141 Å². The zero-order valence-corrected chi connectivity index (χ0v) is 13.9. The fourth-order valence-electron chi connectivity index (χ4n) is 2.83. The number of thiophene rings is 1. The third-order valence-corrected chi connectivity index (χ3v) is 5.03. The second kappa shape index (κ2) is 8.24. The van der Waals surface area contributed by atoms with E-state index < -0.39 is 0 Å². The quantitative estimate of drug-likeness (QED) is 0.885. The molecule has 0 spiro atoms. The van der Waals surface area contributed by atoms with E-state index >= 15 is 0 Å². The van der Waals surface area contributed by atoms with Gasteiger partial charge in [0.2, 0.25) is 5.91 Å². The van der Waals surface area contributed by atoms with Gasteiger partial charge in [-0.05, 0) is 17.0 Å². The standard InChI is InChI=1S/C18H22N2O2S/c21-18(13-15-5-2-1-3-6-15)19-14-16(17-7-4-12-23-17)20-8-10-22-11-9-20/h1-7,12,16H,8-11,13-14H2,(H,19,21)/t16-/m1/s1. The minimum Gasteiger partial charge on any atom is -0.379 e. The van der Waals surface area contributed by atoms with Gasteiger partial charge in [-0.2, -0.15) is 0 Å². The van der Waals surface area contributed by atoms with Crippen LogP contribution in [-0.4, -0.2) is 43.7 Å². The van der Waals surface area contributed by atoms with Crippen LogP contribution < -0.4 is 5.32 Å². The van der Waals surface area contributed by atoms with E-state index in [9.17, 15) is 4.79 Å². The average Bonchev–Trinajstić information content (AvgIpc) is 3.11. The van der Waals surface area contributed by atoms with Gasteiger partial charge in [-0.15, -0.1) is 11.3 Å². The molecule has 0 unspecified atom stereocenters. The summed E-state index contributed by atoms with van der Waals surface area (Å²) in [6.07, 6.45) is 0.432. The fraction of sp³-hybridized carbons (Fsp3) is 0.389. The largest absolute Gasteiger partial charge is 0.379 e. The zero-order valence-electron chi connectivity index (χ0n) is 13.1. The third-order valence-electron chi connectivity index (χ3n) is 4.06. The van der Waals surface area contributed by atoms with E-state index in [1.807, 2.05) is 30.3 Å². The van der Waals surface area contributed by atoms with Crippen molar-refractivity contribution in [3.63, 3.8) is 0 Å². The molecule has 1 aromatic heterocycles. The van der Waals surface area contributed by atoms with Crippen LogP contribution in [0.2, 0.25) is 0 Å². The topological polar surface area (TPSA) is 41.6 Å². The highest BCUT2D eigenvalue weighted by molar-refractivity contribution is 7.10. The maximum absolute atomic E-state index is 12.2. The summed E-state index contributed by atoms with van der Waals surface area (Å²) in [5.74, 6) is 0.0750. The molecular weight excluding hydrogens is 308 g/mol. The number of rotatable bonds is 6. The molecule has 1 aliphatic rings. The first-order valence-corrected chi connectivity index (χ1v) is 8.87. The van der Waals surface area contributed by atoms with E-state index in [4.69, 9.17) is 4.74 Å². The maximum atomic E-state index is 12.2. The lowest BCUT2D eigenvalue weighted by molar-refractivity contribution is -0.120. The highest BCUT2D eigenvalue weighted by Crippen LogP contribution is 2.25. The van der Waals surface area contributed by atoms with Crippen molar-refractivity contribution >= 4 is 17.2 Å². The first kappa shape index (κ1) is 16.2. The molecule has 1 amide bonds. The first-order chi connectivity index (χ1) is 11.3. The predicted octanol–water partition coefficient (Wildman–Crippen LogP) is 2.48. The normalized spacial score (nSPS) is 16.9. The van der Waals surface area contributed by atoms with Crippen LogP contribution in [0.3, 0.4) is 0 Å². The Balaban J connectivity index is 1.59. The van der Waals surface area contributed by atoms with E-state index in [1.54, 1.807) is 11.3 Å². The lowest BCUT2D eigenvalue weighted by Crippen LogP contribution is -2.43. The highest BCUT2D eigenvalue weighted by Gasteiger charge is 2.23. The van der Waals surface area contributed by atoms with Gasteiger partial charge in [0.25, 0.3) is 0 Å². The summed E-state index contributed by atoms with van der Waals surface area (Å²) in [5.41, 5.74) is 1.05. The first-order valence-electron chi connectivity index (χ1n) is 7.99. The number of ether oxygens (including phenoxy) is 1. The Kier molecular flexibility index (Phi) is 5.80. The van der Waals surface area contributed by atoms with Crippen molar-refractivity contribution in [1.82, 2.24) is 10.2 Å². The van der Waals surface area contributed by atoms with Crippen LogP contribution in [0.4, 0.5) is 0 Å². The van der Waals surface area contributed by atoms with Gasteiger partial charge >= 0.3 is 0 Å². The van der Waals surface area contributed by atoms with E-state index in [1.165, 1.54) is 4.88 Å². The molecular formula is C18H22N2O2S. The van der Waals surface area contributed by atoms with Crippen molar-refractivity contribution in [3.05, 3.63) is 58.3 Å². The van der Waals surface area contributed by atoms with Gasteiger partial charge in [0.15, 0.2) is 0 Å². The number of nitrogens with one attached hydrogen (secondary N) is 1. The Morgan fingerprint density at radius 1 is 1.17 bits per heavy atom. The van der Waals surface area contributed by atoms with Crippen molar-refractivity contribution in [2.24, 2.45) is 0 Å². The monoisotopic (exact) mass is 330 g/mol. The second-order valence-electron chi connectivity index (χ2n) is 5.65. The molecule has 5 heteroatoms. The lowest BCUT2D eigenvalue weighted by atomic mass is 10.1. The summed E-state index contributed by atoms with van der Waals surface area (Å²) in [7, 11) is 0. The summed E-state index contributed by atoms with van der Waals surface area (Å²) in [6, 6.07) is 14.3. The van der Waals surface area contributed by atoms with E-state index in [2.05, 4.69) is 27.7 Å². The smallest absolute Gasteiger partial charge is 0.224 e. The van der Waals surface area contributed by atoms with Crippen molar-refractivity contribution in [2.45, 2.75) is 12.5 Å². The maximum Gasteiger partial charge on any atom is 0.224 e. The molecule has 1 N–H and O–H groups in total. The molecule has 1 aromatic carbocycles. The second-order valence-corrected chi connectivity index (χ2v) is 6.63. The summed E-state index contributed by atoms with van der Waals surface area (Å²) in [5, 5.41) is 5.19. The van der Waals surface area contributed by atoms with Crippen LogP contribution >= 0.6 is 11.3 Å². The number of carbonyl (C=O) groups is 1. The minimum atomic E-state index is 0.0750. The Bertz CT molecular complexity index is 595. The van der Waals surface area contributed by atoms with Crippen molar-refractivity contribution in [1.29, 1.82) is 0 Å². The molecule has 2 aromatic rings. The lowest BCUT2D eigenvalue weighted by Gasteiger charge is -2.34. The van der Waals surface area contributed by atoms with Gasteiger partial charge in [-0.25, -0.2) is 0 Å². The molecule has 23 heavy (non-hydrogen) atoms. The Hall–Kier alpha value is -1.69. The summed E-state index contributed by atoms with van der Waals surface area (Å²) in [6.45, 7) is 4.00.